The van der Waals surface area contributed by atoms with E-state index in [0.717, 1.165) is 12.6 Å². The Hall–Kier alpha value is -2.65. The van der Waals surface area contributed by atoms with E-state index >= 15 is 0 Å². The number of carbonyl (C=O) groups excluding carboxylic acids is 1. The molecule has 0 radical (unpaired) electrons. The first-order chi connectivity index (χ1) is 13.5. The number of aromatic nitrogens is 3. The number of carbonyl (C=O) groups is 1. The molecule has 1 aliphatic carbocycles. The standard InChI is InChI=1S/C19H20FN5O2S/c1-10(11-6-12(20)9-21-8-11)22-19-24-15-4-5-28-17(15)16(25-19)18(27)23-13-2-3-14(26)7-13/h4-6,8-10,13-14,26H,2-3,7H2,1H3,(H,23,27)(H,22,24,25)/t10-,13?,14+/m0/s1. The van der Waals surface area contributed by atoms with Crippen LogP contribution >= 0.6 is 11.3 Å². The minimum atomic E-state index is -0.417. The van der Waals surface area contributed by atoms with E-state index in [1.165, 1.54) is 17.4 Å². The van der Waals surface area contributed by atoms with Crippen LogP contribution in [0.25, 0.3) is 10.2 Å². The van der Waals surface area contributed by atoms with Gasteiger partial charge in [0.25, 0.3) is 5.91 Å². The Bertz CT molecular complexity index is 1010. The SMILES string of the molecule is C[C@H](Nc1nc(C(=O)NC2CC[C@@H](O)C2)c2sccc2n1)c1cncc(F)c1. The summed E-state index contributed by atoms with van der Waals surface area (Å²) < 4.78 is 14.1. The zero-order valence-corrected chi connectivity index (χ0v) is 16.0. The minimum absolute atomic E-state index is 0.0545. The number of anilines is 1. The van der Waals surface area contributed by atoms with E-state index in [0.29, 0.717) is 40.3 Å². The Morgan fingerprint density at radius 1 is 1.36 bits per heavy atom. The van der Waals surface area contributed by atoms with Crippen molar-refractivity contribution in [1.29, 1.82) is 0 Å². The van der Waals surface area contributed by atoms with Crippen LogP contribution in [0.1, 0.15) is 48.3 Å². The van der Waals surface area contributed by atoms with E-state index in [1.54, 1.807) is 6.20 Å². The van der Waals surface area contributed by atoms with E-state index in [1.807, 2.05) is 18.4 Å². The van der Waals surface area contributed by atoms with Crippen molar-refractivity contribution in [3.8, 4) is 0 Å². The van der Waals surface area contributed by atoms with Crippen LogP contribution in [0.4, 0.5) is 10.3 Å². The van der Waals surface area contributed by atoms with Gasteiger partial charge >= 0.3 is 0 Å². The van der Waals surface area contributed by atoms with Crippen molar-refractivity contribution in [2.45, 2.75) is 44.4 Å². The van der Waals surface area contributed by atoms with Crippen LogP contribution in [0.15, 0.2) is 29.9 Å². The summed E-state index contributed by atoms with van der Waals surface area (Å²) in [4.78, 5) is 25.6. The van der Waals surface area contributed by atoms with Gasteiger partial charge in [-0.3, -0.25) is 9.78 Å². The fourth-order valence-electron chi connectivity index (χ4n) is 3.37. The zero-order chi connectivity index (χ0) is 19.7. The van der Waals surface area contributed by atoms with Crippen molar-refractivity contribution in [1.82, 2.24) is 20.3 Å². The molecule has 1 fully saturated rings. The smallest absolute Gasteiger partial charge is 0.271 e. The lowest BCUT2D eigenvalue weighted by molar-refractivity contribution is 0.0931. The number of nitrogens with zero attached hydrogens (tertiary/aromatic N) is 3. The number of pyridine rings is 1. The van der Waals surface area contributed by atoms with Crippen molar-refractivity contribution in [3.05, 3.63) is 47.0 Å². The fourth-order valence-corrected chi connectivity index (χ4v) is 4.18. The second kappa shape index (κ2) is 7.76. The van der Waals surface area contributed by atoms with Gasteiger partial charge in [0.2, 0.25) is 5.95 Å². The molecule has 3 heterocycles. The molecule has 28 heavy (non-hydrogen) atoms. The molecule has 3 N–H and O–H groups in total. The zero-order valence-electron chi connectivity index (χ0n) is 15.2. The second-order valence-corrected chi connectivity index (χ2v) is 7.89. The summed E-state index contributed by atoms with van der Waals surface area (Å²) in [5.41, 5.74) is 1.62. The predicted octanol–water partition coefficient (Wildman–Crippen LogP) is 3.04. The molecule has 9 heteroatoms. The highest BCUT2D eigenvalue weighted by molar-refractivity contribution is 7.17. The molecule has 1 saturated carbocycles. The summed E-state index contributed by atoms with van der Waals surface area (Å²) in [5, 5.41) is 17.6. The van der Waals surface area contributed by atoms with Gasteiger partial charge in [0.1, 0.15) is 5.82 Å². The van der Waals surface area contributed by atoms with Crippen molar-refractivity contribution >= 4 is 33.4 Å². The normalized spacial score (nSPS) is 20.2. The summed E-state index contributed by atoms with van der Waals surface area (Å²) in [6, 6.07) is 2.88. The summed E-state index contributed by atoms with van der Waals surface area (Å²) in [5.74, 6) is -0.407. The number of amides is 1. The van der Waals surface area contributed by atoms with E-state index in [-0.39, 0.29) is 24.1 Å². The second-order valence-electron chi connectivity index (χ2n) is 6.97. The average Bonchev–Trinajstić information content (AvgIpc) is 3.29. The van der Waals surface area contributed by atoms with Crippen molar-refractivity contribution in [3.63, 3.8) is 0 Å². The highest BCUT2D eigenvalue weighted by Crippen LogP contribution is 2.26. The lowest BCUT2D eigenvalue weighted by Crippen LogP contribution is -2.34. The average molecular weight is 401 g/mol. The number of thiophene rings is 1. The van der Waals surface area contributed by atoms with Crippen LogP contribution in [0, 0.1) is 5.82 Å². The molecule has 1 amide bonds. The van der Waals surface area contributed by atoms with Crippen LogP contribution < -0.4 is 10.6 Å². The molecule has 0 spiro atoms. The molecular weight excluding hydrogens is 381 g/mol. The Labute approximate surface area is 165 Å². The molecule has 0 saturated heterocycles. The number of halogens is 1. The van der Waals surface area contributed by atoms with Crippen LogP contribution in [0.5, 0.6) is 0 Å². The number of hydrogen-bond acceptors (Lipinski definition) is 7. The fraction of sp³-hybridized carbons (Fsp3) is 0.368. The highest BCUT2D eigenvalue weighted by atomic mass is 32.1. The first kappa shape index (κ1) is 18.7. The quantitative estimate of drug-likeness (QED) is 0.608. The lowest BCUT2D eigenvalue weighted by atomic mass is 10.1. The third-order valence-electron chi connectivity index (χ3n) is 4.83. The van der Waals surface area contributed by atoms with Gasteiger partial charge < -0.3 is 15.7 Å². The van der Waals surface area contributed by atoms with Gasteiger partial charge in [0, 0.05) is 12.2 Å². The number of hydrogen-bond donors (Lipinski definition) is 3. The van der Waals surface area contributed by atoms with Gasteiger partial charge in [-0.15, -0.1) is 11.3 Å². The number of fused-ring (bicyclic) bond motifs is 1. The van der Waals surface area contributed by atoms with Crippen molar-refractivity contribution < 1.29 is 14.3 Å². The maximum atomic E-state index is 13.4. The predicted molar refractivity (Wildman–Crippen MR) is 105 cm³/mol. The Morgan fingerprint density at radius 3 is 2.96 bits per heavy atom. The molecule has 1 aliphatic rings. The third-order valence-corrected chi connectivity index (χ3v) is 5.74. The molecule has 3 aromatic heterocycles. The Balaban J connectivity index is 1.59. The van der Waals surface area contributed by atoms with Gasteiger partial charge in [0.05, 0.1) is 28.6 Å². The summed E-state index contributed by atoms with van der Waals surface area (Å²) in [6.45, 7) is 1.84. The van der Waals surface area contributed by atoms with Gasteiger partial charge in [-0.25, -0.2) is 14.4 Å². The number of nitrogens with one attached hydrogen (secondary N) is 2. The van der Waals surface area contributed by atoms with Gasteiger partial charge in [-0.05, 0) is 49.3 Å². The van der Waals surface area contributed by atoms with E-state index in [4.69, 9.17) is 0 Å². The molecule has 3 atom stereocenters. The Kier molecular flexibility index (Phi) is 5.19. The maximum Gasteiger partial charge on any atom is 0.271 e. The van der Waals surface area contributed by atoms with Crippen LogP contribution in [-0.4, -0.2) is 38.1 Å². The van der Waals surface area contributed by atoms with Gasteiger partial charge in [-0.2, -0.15) is 0 Å². The summed E-state index contributed by atoms with van der Waals surface area (Å²) in [7, 11) is 0. The molecule has 0 aromatic carbocycles. The number of rotatable bonds is 5. The van der Waals surface area contributed by atoms with Crippen LogP contribution in [-0.2, 0) is 0 Å². The van der Waals surface area contributed by atoms with Crippen LogP contribution in [0.2, 0.25) is 0 Å². The molecule has 146 valence electrons. The number of aliphatic hydroxyl groups is 1. The molecule has 0 aliphatic heterocycles. The number of aliphatic hydroxyl groups excluding tert-OH is 1. The molecule has 3 aromatic rings. The monoisotopic (exact) mass is 401 g/mol. The Morgan fingerprint density at radius 2 is 2.21 bits per heavy atom. The van der Waals surface area contributed by atoms with Gasteiger partial charge in [-0.1, -0.05) is 0 Å². The van der Waals surface area contributed by atoms with Gasteiger partial charge in [0.15, 0.2) is 5.69 Å². The first-order valence-electron chi connectivity index (χ1n) is 9.11. The van der Waals surface area contributed by atoms with Crippen molar-refractivity contribution in [2.75, 3.05) is 5.32 Å². The largest absolute Gasteiger partial charge is 0.393 e. The minimum Gasteiger partial charge on any atom is -0.393 e. The van der Waals surface area contributed by atoms with E-state index < -0.39 is 5.82 Å². The third kappa shape index (κ3) is 3.95. The summed E-state index contributed by atoms with van der Waals surface area (Å²) in [6.07, 6.45) is 4.35. The molecule has 7 nitrogen and oxygen atoms in total. The highest BCUT2D eigenvalue weighted by Gasteiger charge is 2.26. The molecular formula is C19H20FN5O2S. The van der Waals surface area contributed by atoms with Crippen LogP contribution in [0.3, 0.4) is 0 Å². The molecule has 0 bridgehead atoms. The summed E-state index contributed by atoms with van der Waals surface area (Å²) >= 11 is 1.40. The first-order valence-corrected chi connectivity index (χ1v) is 9.98. The maximum absolute atomic E-state index is 13.4. The molecule has 1 unspecified atom stereocenters. The van der Waals surface area contributed by atoms with E-state index in [2.05, 4.69) is 25.6 Å². The molecule has 4 rings (SSSR count). The van der Waals surface area contributed by atoms with Crippen molar-refractivity contribution in [2.24, 2.45) is 0 Å². The van der Waals surface area contributed by atoms with E-state index in [9.17, 15) is 14.3 Å². The lowest BCUT2D eigenvalue weighted by Gasteiger charge is -2.16. The topological polar surface area (TPSA) is 100 Å².